The van der Waals surface area contributed by atoms with Crippen LogP contribution in [0.5, 0.6) is 5.75 Å². The Kier molecular flexibility index (Phi) is 4.76. The average Bonchev–Trinajstić information content (AvgIpc) is 3.14. The monoisotopic (exact) mass is 373 g/mol. The van der Waals surface area contributed by atoms with E-state index in [1.807, 2.05) is 42.7 Å². The molecule has 0 saturated heterocycles. The van der Waals surface area contributed by atoms with Crippen molar-refractivity contribution in [1.29, 1.82) is 0 Å². The zero-order valence-electron chi connectivity index (χ0n) is 15.4. The van der Waals surface area contributed by atoms with Gasteiger partial charge in [0.15, 0.2) is 0 Å². The molecule has 4 aromatic rings. The molecule has 0 saturated carbocycles. The van der Waals surface area contributed by atoms with E-state index in [9.17, 15) is 4.79 Å². The van der Waals surface area contributed by atoms with Gasteiger partial charge in [-0.2, -0.15) is 0 Å². The van der Waals surface area contributed by atoms with Gasteiger partial charge in [0.1, 0.15) is 5.75 Å². The molecule has 0 aliphatic rings. The van der Waals surface area contributed by atoms with Gasteiger partial charge in [-0.25, -0.2) is 4.79 Å². The van der Waals surface area contributed by atoms with Crippen LogP contribution < -0.4 is 4.74 Å². The summed E-state index contributed by atoms with van der Waals surface area (Å²) >= 11 is 0. The number of hydrogen-bond acceptors (Lipinski definition) is 4. The number of benzene rings is 1. The minimum Gasteiger partial charge on any atom is -0.497 e. The maximum Gasteiger partial charge on any atom is 0.335 e. The fourth-order valence-electron chi connectivity index (χ4n) is 3.20. The summed E-state index contributed by atoms with van der Waals surface area (Å²) in [6.45, 7) is 0.824. The number of aromatic nitrogens is 3. The van der Waals surface area contributed by atoms with Crippen molar-refractivity contribution in [3.05, 3.63) is 78.2 Å². The molecule has 4 rings (SSSR count). The van der Waals surface area contributed by atoms with Gasteiger partial charge in [-0.15, -0.1) is 0 Å². The first-order valence-electron chi connectivity index (χ1n) is 8.91. The molecule has 0 spiro atoms. The number of aryl methyl sites for hydroxylation is 2. The molecule has 3 heterocycles. The van der Waals surface area contributed by atoms with E-state index in [4.69, 9.17) is 9.84 Å². The standard InChI is InChI=1S/C22H19N3O3/c1-28-18-4-2-3-15(11-18)6-9-25-10-7-16-12-20(24-14-21(16)25)19-13-17(22(26)27)5-8-23-19/h2-5,7-8,10-14H,6,9H2,1H3,(H,26,27). The predicted molar refractivity (Wildman–Crippen MR) is 107 cm³/mol. The second-order valence-electron chi connectivity index (χ2n) is 6.47. The number of ether oxygens (including phenoxy) is 1. The lowest BCUT2D eigenvalue weighted by atomic mass is 10.1. The number of fused-ring (bicyclic) bond motifs is 1. The third-order valence-corrected chi connectivity index (χ3v) is 4.70. The Morgan fingerprint density at radius 3 is 2.79 bits per heavy atom. The van der Waals surface area contributed by atoms with Gasteiger partial charge in [0, 0.05) is 24.3 Å². The predicted octanol–water partition coefficient (Wildman–Crippen LogP) is 4.05. The Bertz CT molecular complexity index is 1150. The first kappa shape index (κ1) is 17.7. The second kappa shape index (κ2) is 7.52. The van der Waals surface area contributed by atoms with Crippen LogP contribution in [-0.4, -0.2) is 32.7 Å². The maximum absolute atomic E-state index is 11.2. The Morgan fingerprint density at radius 2 is 1.96 bits per heavy atom. The molecule has 3 aromatic heterocycles. The minimum atomic E-state index is -0.978. The van der Waals surface area contributed by atoms with Gasteiger partial charge in [0.2, 0.25) is 0 Å². The van der Waals surface area contributed by atoms with Crippen LogP contribution in [0, 0.1) is 0 Å². The number of carboxylic acid groups (broad SMARTS) is 1. The zero-order valence-corrected chi connectivity index (χ0v) is 15.4. The number of rotatable bonds is 6. The van der Waals surface area contributed by atoms with Gasteiger partial charge in [-0.05, 0) is 48.4 Å². The summed E-state index contributed by atoms with van der Waals surface area (Å²) in [5.41, 5.74) is 3.64. The molecule has 0 radical (unpaired) electrons. The van der Waals surface area contributed by atoms with Crippen LogP contribution in [-0.2, 0) is 13.0 Å². The molecule has 1 N–H and O–H groups in total. The van der Waals surface area contributed by atoms with E-state index in [0.29, 0.717) is 11.4 Å². The highest BCUT2D eigenvalue weighted by Gasteiger charge is 2.09. The van der Waals surface area contributed by atoms with Gasteiger partial charge in [-0.1, -0.05) is 12.1 Å². The van der Waals surface area contributed by atoms with Gasteiger partial charge in [0.05, 0.1) is 35.8 Å². The maximum atomic E-state index is 11.2. The van der Waals surface area contributed by atoms with Crippen LogP contribution >= 0.6 is 0 Å². The van der Waals surface area contributed by atoms with Crippen molar-refractivity contribution < 1.29 is 14.6 Å². The van der Waals surface area contributed by atoms with E-state index in [2.05, 4.69) is 20.6 Å². The fourth-order valence-corrected chi connectivity index (χ4v) is 3.20. The van der Waals surface area contributed by atoms with Gasteiger partial charge in [0.25, 0.3) is 0 Å². The Labute approximate surface area is 162 Å². The van der Waals surface area contributed by atoms with E-state index in [1.54, 1.807) is 7.11 Å². The largest absolute Gasteiger partial charge is 0.497 e. The lowest BCUT2D eigenvalue weighted by Gasteiger charge is -2.08. The highest BCUT2D eigenvalue weighted by Crippen LogP contribution is 2.23. The van der Waals surface area contributed by atoms with E-state index >= 15 is 0 Å². The molecule has 28 heavy (non-hydrogen) atoms. The highest BCUT2D eigenvalue weighted by molar-refractivity contribution is 5.89. The topological polar surface area (TPSA) is 77.2 Å². The van der Waals surface area contributed by atoms with Crippen LogP contribution in [0.3, 0.4) is 0 Å². The zero-order chi connectivity index (χ0) is 19.5. The van der Waals surface area contributed by atoms with Crippen LogP contribution in [0.2, 0.25) is 0 Å². The smallest absolute Gasteiger partial charge is 0.335 e. The third kappa shape index (κ3) is 3.57. The number of hydrogen-bond donors (Lipinski definition) is 1. The van der Waals surface area contributed by atoms with Gasteiger partial charge >= 0.3 is 5.97 Å². The van der Waals surface area contributed by atoms with Crippen molar-refractivity contribution in [1.82, 2.24) is 14.5 Å². The Hall–Kier alpha value is -3.67. The summed E-state index contributed by atoms with van der Waals surface area (Å²) in [4.78, 5) is 19.9. The number of methoxy groups -OCH3 is 1. The van der Waals surface area contributed by atoms with Crippen molar-refractivity contribution in [3.8, 4) is 17.1 Å². The minimum absolute atomic E-state index is 0.197. The molecule has 1 aromatic carbocycles. The van der Waals surface area contributed by atoms with Crippen molar-refractivity contribution >= 4 is 16.9 Å². The number of carbonyl (C=O) groups is 1. The number of aromatic carboxylic acids is 1. The van der Waals surface area contributed by atoms with Gasteiger partial charge < -0.3 is 14.4 Å². The van der Waals surface area contributed by atoms with E-state index in [1.165, 1.54) is 23.9 Å². The third-order valence-electron chi connectivity index (χ3n) is 4.70. The van der Waals surface area contributed by atoms with Gasteiger partial charge in [-0.3, -0.25) is 9.97 Å². The molecule has 0 bridgehead atoms. The molecule has 6 heteroatoms. The molecule has 0 unspecified atom stereocenters. The summed E-state index contributed by atoms with van der Waals surface area (Å²) in [5.74, 6) is -0.120. The van der Waals surface area contributed by atoms with Crippen molar-refractivity contribution in [2.24, 2.45) is 0 Å². The molecule has 0 aliphatic carbocycles. The lowest BCUT2D eigenvalue weighted by molar-refractivity contribution is 0.0697. The lowest BCUT2D eigenvalue weighted by Crippen LogP contribution is -2.01. The highest BCUT2D eigenvalue weighted by atomic mass is 16.5. The van der Waals surface area contributed by atoms with Crippen LogP contribution in [0.4, 0.5) is 0 Å². The Morgan fingerprint density at radius 1 is 1.11 bits per heavy atom. The molecule has 0 amide bonds. The molecular weight excluding hydrogens is 354 g/mol. The Balaban J connectivity index is 1.58. The average molecular weight is 373 g/mol. The van der Waals surface area contributed by atoms with E-state index in [-0.39, 0.29) is 5.56 Å². The summed E-state index contributed by atoms with van der Waals surface area (Å²) in [7, 11) is 1.67. The summed E-state index contributed by atoms with van der Waals surface area (Å²) in [6, 6.07) is 15.0. The van der Waals surface area contributed by atoms with Crippen LogP contribution in [0.15, 0.2) is 67.1 Å². The molecule has 0 aliphatic heterocycles. The number of nitrogens with zero attached hydrogens (tertiary/aromatic N) is 3. The summed E-state index contributed by atoms with van der Waals surface area (Å²) < 4.78 is 7.44. The van der Waals surface area contributed by atoms with Crippen LogP contribution in [0.1, 0.15) is 15.9 Å². The van der Waals surface area contributed by atoms with E-state index in [0.717, 1.165) is 29.6 Å². The first-order valence-corrected chi connectivity index (χ1v) is 8.91. The fraction of sp³-hybridized carbons (Fsp3) is 0.136. The first-order chi connectivity index (χ1) is 13.6. The van der Waals surface area contributed by atoms with Crippen molar-refractivity contribution in [2.75, 3.05) is 7.11 Å². The SMILES string of the molecule is COc1cccc(CCn2ccc3cc(-c4cc(C(=O)O)ccn4)ncc32)c1. The van der Waals surface area contributed by atoms with Crippen molar-refractivity contribution in [3.63, 3.8) is 0 Å². The normalized spacial score (nSPS) is 10.9. The van der Waals surface area contributed by atoms with E-state index < -0.39 is 5.97 Å². The number of pyridine rings is 2. The molecule has 6 nitrogen and oxygen atoms in total. The van der Waals surface area contributed by atoms with Crippen molar-refractivity contribution in [2.45, 2.75) is 13.0 Å². The summed E-state index contributed by atoms with van der Waals surface area (Å²) in [5, 5.41) is 10.2. The second-order valence-corrected chi connectivity index (χ2v) is 6.47. The molecule has 140 valence electrons. The number of carboxylic acids is 1. The molecule has 0 atom stereocenters. The quantitative estimate of drug-likeness (QED) is 0.552. The molecule has 0 fully saturated rings. The van der Waals surface area contributed by atoms with Crippen LogP contribution in [0.25, 0.3) is 22.3 Å². The summed E-state index contributed by atoms with van der Waals surface area (Å²) in [6.07, 6.45) is 6.22. The molecular formula is C22H19N3O3.